The average molecular weight is 167 g/mol. The lowest BCUT2D eigenvalue weighted by atomic mass is 10.1. The Morgan fingerprint density at radius 1 is 1.36 bits per heavy atom. The molecule has 1 atom stereocenters. The molecule has 0 aliphatic carbocycles. The zero-order valence-corrected chi connectivity index (χ0v) is 7.51. The lowest BCUT2D eigenvalue weighted by Crippen LogP contribution is -2.09. The Bertz CT molecular complexity index is 194. The Morgan fingerprint density at radius 3 is 2.45 bits per heavy atom. The molecular formula is C9H13NS. The van der Waals surface area contributed by atoms with Gasteiger partial charge in [-0.1, -0.05) is 50.1 Å². The van der Waals surface area contributed by atoms with Crippen LogP contribution in [0.4, 0.5) is 0 Å². The summed E-state index contributed by atoms with van der Waals surface area (Å²) >= 11 is 4.06. The summed E-state index contributed by atoms with van der Waals surface area (Å²) in [5.74, 6) is 0. The largest absolute Gasteiger partial charge is 0.259 e. The van der Waals surface area contributed by atoms with E-state index in [1.807, 2.05) is 18.2 Å². The number of hydrogen-bond acceptors (Lipinski definition) is 2. The number of nitrogens with one attached hydrogen (secondary N) is 1. The highest BCUT2D eigenvalue weighted by atomic mass is 32.1. The highest BCUT2D eigenvalue weighted by molar-refractivity contribution is 7.78. The number of thiol groups is 1. The van der Waals surface area contributed by atoms with Crippen molar-refractivity contribution in [2.24, 2.45) is 0 Å². The summed E-state index contributed by atoms with van der Waals surface area (Å²) in [6, 6.07) is 10.7. The van der Waals surface area contributed by atoms with Gasteiger partial charge in [0.05, 0.1) is 0 Å². The molecule has 60 valence electrons. The van der Waals surface area contributed by atoms with Gasteiger partial charge in [-0.25, -0.2) is 0 Å². The van der Waals surface area contributed by atoms with Crippen LogP contribution in [-0.2, 0) is 0 Å². The predicted molar refractivity (Wildman–Crippen MR) is 51.6 cm³/mol. The fourth-order valence-corrected chi connectivity index (χ4v) is 1.42. The minimum Gasteiger partial charge on any atom is -0.259 e. The first-order valence-electron chi connectivity index (χ1n) is 3.83. The van der Waals surface area contributed by atoms with Crippen LogP contribution in [0.1, 0.15) is 24.9 Å². The fraction of sp³-hybridized carbons (Fsp3) is 0.333. The summed E-state index contributed by atoms with van der Waals surface area (Å²) in [6.07, 6.45) is 1.06. The number of benzene rings is 1. The summed E-state index contributed by atoms with van der Waals surface area (Å²) in [4.78, 5) is 0. The Hall–Kier alpha value is -0.470. The highest BCUT2D eigenvalue weighted by Crippen LogP contribution is 2.15. The minimum atomic E-state index is 0.375. The molecule has 1 rings (SSSR count). The maximum atomic E-state index is 4.06. The summed E-state index contributed by atoms with van der Waals surface area (Å²) in [7, 11) is 0. The van der Waals surface area contributed by atoms with Crippen molar-refractivity contribution in [3.63, 3.8) is 0 Å². The topological polar surface area (TPSA) is 12.0 Å². The van der Waals surface area contributed by atoms with Crippen molar-refractivity contribution in [2.75, 3.05) is 0 Å². The molecule has 0 bridgehead atoms. The smallest absolute Gasteiger partial charge is 0.0416 e. The van der Waals surface area contributed by atoms with Gasteiger partial charge in [-0.15, -0.1) is 0 Å². The normalized spacial score (nSPS) is 12.9. The second kappa shape index (κ2) is 4.42. The molecule has 0 unspecified atom stereocenters. The van der Waals surface area contributed by atoms with E-state index in [4.69, 9.17) is 0 Å². The van der Waals surface area contributed by atoms with Crippen molar-refractivity contribution in [1.29, 1.82) is 0 Å². The summed E-state index contributed by atoms with van der Waals surface area (Å²) < 4.78 is 2.96. The van der Waals surface area contributed by atoms with E-state index in [0.29, 0.717) is 6.04 Å². The SMILES string of the molecule is CC[C@@H](NS)c1ccccc1. The van der Waals surface area contributed by atoms with Crippen LogP contribution < -0.4 is 4.72 Å². The summed E-state index contributed by atoms with van der Waals surface area (Å²) in [5, 5.41) is 0. The third kappa shape index (κ3) is 2.24. The maximum absolute atomic E-state index is 4.06. The van der Waals surface area contributed by atoms with Crippen LogP contribution in [0.15, 0.2) is 30.3 Å². The monoisotopic (exact) mass is 167 g/mol. The molecule has 0 aliphatic heterocycles. The molecule has 0 aromatic heterocycles. The van der Waals surface area contributed by atoms with E-state index in [0.717, 1.165) is 6.42 Å². The third-order valence-corrected chi connectivity index (χ3v) is 2.08. The van der Waals surface area contributed by atoms with Crippen LogP contribution in [0, 0.1) is 0 Å². The number of hydrogen-bond donors (Lipinski definition) is 2. The van der Waals surface area contributed by atoms with Gasteiger partial charge in [-0.05, 0) is 12.0 Å². The Balaban J connectivity index is 2.74. The molecule has 0 radical (unpaired) electrons. The molecule has 0 aliphatic rings. The minimum absolute atomic E-state index is 0.375. The van der Waals surface area contributed by atoms with Gasteiger partial charge < -0.3 is 0 Å². The van der Waals surface area contributed by atoms with E-state index >= 15 is 0 Å². The Kier molecular flexibility index (Phi) is 3.46. The fourth-order valence-electron chi connectivity index (χ4n) is 1.09. The van der Waals surface area contributed by atoms with Crippen LogP contribution in [0.5, 0.6) is 0 Å². The predicted octanol–water partition coefficient (Wildman–Crippen LogP) is 2.57. The molecule has 0 fully saturated rings. The quantitative estimate of drug-likeness (QED) is 0.659. The van der Waals surface area contributed by atoms with E-state index in [-0.39, 0.29) is 0 Å². The van der Waals surface area contributed by atoms with Crippen LogP contribution in [-0.4, -0.2) is 0 Å². The molecule has 1 aromatic carbocycles. The standard InChI is InChI=1S/C9H13NS/c1-2-9(10-11)8-6-4-3-5-7-8/h3-7,9-11H,2H2,1H3/t9-/m1/s1. The first-order chi connectivity index (χ1) is 5.38. The van der Waals surface area contributed by atoms with E-state index in [1.54, 1.807) is 0 Å². The Labute approximate surface area is 73.4 Å². The second-order valence-electron chi connectivity index (χ2n) is 2.50. The zero-order chi connectivity index (χ0) is 8.10. The van der Waals surface area contributed by atoms with Gasteiger partial charge in [0.2, 0.25) is 0 Å². The first-order valence-corrected chi connectivity index (χ1v) is 4.27. The van der Waals surface area contributed by atoms with Crippen molar-refractivity contribution >= 4 is 12.8 Å². The highest BCUT2D eigenvalue weighted by Gasteiger charge is 2.03. The molecular weight excluding hydrogens is 154 g/mol. The molecule has 0 saturated heterocycles. The molecule has 11 heavy (non-hydrogen) atoms. The molecule has 0 spiro atoms. The van der Waals surface area contributed by atoms with Crippen molar-refractivity contribution in [3.8, 4) is 0 Å². The molecule has 2 heteroatoms. The van der Waals surface area contributed by atoms with E-state index < -0.39 is 0 Å². The summed E-state index contributed by atoms with van der Waals surface area (Å²) in [5.41, 5.74) is 1.30. The van der Waals surface area contributed by atoms with E-state index in [1.165, 1.54) is 5.56 Å². The van der Waals surface area contributed by atoms with Crippen LogP contribution >= 0.6 is 12.8 Å². The van der Waals surface area contributed by atoms with Crippen molar-refractivity contribution in [2.45, 2.75) is 19.4 Å². The molecule has 0 amide bonds. The number of rotatable bonds is 3. The Morgan fingerprint density at radius 2 is 2.00 bits per heavy atom. The molecule has 1 aromatic rings. The van der Waals surface area contributed by atoms with Crippen LogP contribution in [0.2, 0.25) is 0 Å². The maximum Gasteiger partial charge on any atom is 0.0416 e. The van der Waals surface area contributed by atoms with E-state index in [2.05, 4.69) is 36.6 Å². The van der Waals surface area contributed by atoms with E-state index in [9.17, 15) is 0 Å². The zero-order valence-electron chi connectivity index (χ0n) is 6.62. The molecule has 0 heterocycles. The first kappa shape index (κ1) is 8.62. The van der Waals surface area contributed by atoms with Crippen LogP contribution in [0.3, 0.4) is 0 Å². The van der Waals surface area contributed by atoms with Crippen molar-refractivity contribution in [1.82, 2.24) is 4.72 Å². The van der Waals surface area contributed by atoms with Crippen molar-refractivity contribution < 1.29 is 0 Å². The van der Waals surface area contributed by atoms with Gasteiger partial charge >= 0.3 is 0 Å². The van der Waals surface area contributed by atoms with Crippen molar-refractivity contribution in [3.05, 3.63) is 35.9 Å². The van der Waals surface area contributed by atoms with Gasteiger partial charge in [-0.3, -0.25) is 4.72 Å². The second-order valence-corrected chi connectivity index (χ2v) is 2.76. The average Bonchev–Trinajstić information content (AvgIpc) is 2.09. The molecule has 1 N–H and O–H groups in total. The summed E-state index contributed by atoms with van der Waals surface area (Å²) in [6.45, 7) is 2.14. The van der Waals surface area contributed by atoms with Gasteiger partial charge in [0.25, 0.3) is 0 Å². The van der Waals surface area contributed by atoms with Gasteiger partial charge in [0.1, 0.15) is 0 Å². The lowest BCUT2D eigenvalue weighted by Gasteiger charge is -2.12. The van der Waals surface area contributed by atoms with Gasteiger partial charge in [-0.2, -0.15) is 0 Å². The lowest BCUT2D eigenvalue weighted by molar-refractivity contribution is 0.655. The molecule has 0 saturated carbocycles. The van der Waals surface area contributed by atoms with Gasteiger partial charge in [0.15, 0.2) is 0 Å². The van der Waals surface area contributed by atoms with Gasteiger partial charge in [0, 0.05) is 6.04 Å². The third-order valence-electron chi connectivity index (χ3n) is 1.77. The molecule has 1 nitrogen and oxygen atoms in total. The van der Waals surface area contributed by atoms with Crippen LogP contribution in [0.25, 0.3) is 0 Å².